The molecule has 2 rings (SSSR count). The molecule has 8 heteroatoms. The maximum atomic E-state index is 12.5. The molecule has 1 aliphatic heterocycles. The van der Waals surface area contributed by atoms with Gasteiger partial charge in [-0.2, -0.15) is 4.36 Å². The van der Waals surface area contributed by atoms with Gasteiger partial charge >= 0.3 is 0 Å². The van der Waals surface area contributed by atoms with E-state index >= 15 is 0 Å². The summed E-state index contributed by atoms with van der Waals surface area (Å²) in [6, 6.07) is 3.41. The van der Waals surface area contributed by atoms with Gasteiger partial charge in [0.1, 0.15) is 15.1 Å². The summed E-state index contributed by atoms with van der Waals surface area (Å²) in [6.45, 7) is 0.647. The third-order valence-corrected chi connectivity index (χ3v) is 5.16. The summed E-state index contributed by atoms with van der Waals surface area (Å²) >= 11 is 10.4. The van der Waals surface area contributed by atoms with Crippen LogP contribution >= 0.6 is 23.8 Å². The van der Waals surface area contributed by atoms with Gasteiger partial charge < -0.3 is 5.73 Å². The number of hydrogen-bond donors (Lipinski definition) is 1. The van der Waals surface area contributed by atoms with Crippen molar-refractivity contribution in [2.45, 2.75) is 6.42 Å². The van der Waals surface area contributed by atoms with E-state index in [9.17, 15) is 4.21 Å². The van der Waals surface area contributed by atoms with E-state index in [0.29, 0.717) is 17.5 Å². The van der Waals surface area contributed by atoms with Crippen LogP contribution in [0.4, 0.5) is 5.69 Å². The molecule has 1 aliphatic rings. The van der Waals surface area contributed by atoms with Crippen molar-refractivity contribution in [3.8, 4) is 0 Å². The molecule has 2 heterocycles. The molecular formula is C9H11ClN4OS2. The van der Waals surface area contributed by atoms with E-state index in [0.717, 1.165) is 12.1 Å². The van der Waals surface area contributed by atoms with Crippen LogP contribution in [0, 0.1) is 0 Å². The summed E-state index contributed by atoms with van der Waals surface area (Å²) in [4.78, 5) is 3.96. The number of hydrogen-bond acceptors (Lipinski definition) is 3. The Morgan fingerprint density at radius 3 is 3.00 bits per heavy atom. The Hall–Kier alpha value is -0.920. The number of pyridine rings is 1. The standard InChI is InChI=1S/C9H11ClN4OS2/c10-8-3-2-7(6-12-8)14-4-1-5-17(14,15)13-9(11)16/h2-3,6H,1,4-5H2,(H2,11,16). The maximum Gasteiger partial charge on any atom is 0.200 e. The van der Waals surface area contributed by atoms with E-state index in [1.165, 1.54) is 0 Å². The molecule has 0 saturated carbocycles. The number of aromatic nitrogens is 1. The second-order valence-electron chi connectivity index (χ2n) is 3.54. The highest BCUT2D eigenvalue weighted by Crippen LogP contribution is 2.25. The molecule has 17 heavy (non-hydrogen) atoms. The fourth-order valence-corrected chi connectivity index (χ4v) is 4.20. The zero-order chi connectivity index (χ0) is 12.5. The first-order chi connectivity index (χ1) is 8.01. The number of nitrogens with two attached hydrogens (primary N) is 1. The SMILES string of the molecule is NC(=S)N=S1(=O)CCCN1c1ccc(Cl)nc1. The highest BCUT2D eigenvalue weighted by Gasteiger charge is 2.27. The van der Waals surface area contributed by atoms with Crippen molar-refractivity contribution in [2.24, 2.45) is 10.1 Å². The van der Waals surface area contributed by atoms with Gasteiger partial charge in [-0.1, -0.05) is 11.6 Å². The summed E-state index contributed by atoms with van der Waals surface area (Å²) in [5, 5.41) is 0.314. The summed E-state index contributed by atoms with van der Waals surface area (Å²) in [6.07, 6.45) is 2.36. The van der Waals surface area contributed by atoms with Crippen LogP contribution in [0.5, 0.6) is 0 Å². The zero-order valence-corrected chi connectivity index (χ0v) is 11.3. The molecule has 0 amide bonds. The van der Waals surface area contributed by atoms with Crippen molar-refractivity contribution in [1.29, 1.82) is 0 Å². The van der Waals surface area contributed by atoms with Crippen LogP contribution in [0.2, 0.25) is 5.15 Å². The Labute approximate surface area is 110 Å². The Balaban J connectivity index is 2.42. The molecule has 2 N–H and O–H groups in total. The van der Waals surface area contributed by atoms with Crippen LogP contribution in [0.25, 0.3) is 0 Å². The predicted octanol–water partition coefficient (Wildman–Crippen LogP) is 1.57. The lowest BCUT2D eigenvalue weighted by Gasteiger charge is -2.19. The van der Waals surface area contributed by atoms with Crippen molar-refractivity contribution in [3.05, 3.63) is 23.5 Å². The Morgan fingerprint density at radius 1 is 1.65 bits per heavy atom. The number of thiocarbonyl (C=S) groups is 1. The average molecular weight is 291 g/mol. The Kier molecular flexibility index (Phi) is 3.50. The fourth-order valence-electron chi connectivity index (χ4n) is 1.69. The summed E-state index contributed by atoms with van der Waals surface area (Å²) in [5.74, 6) is 0.465. The van der Waals surface area contributed by atoms with Gasteiger partial charge in [0.05, 0.1) is 17.6 Å². The minimum atomic E-state index is -2.55. The van der Waals surface area contributed by atoms with E-state index in [-0.39, 0.29) is 5.11 Å². The maximum absolute atomic E-state index is 12.5. The Bertz CT molecular complexity index is 551. The van der Waals surface area contributed by atoms with Crippen LogP contribution in [0.3, 0.4) is 0 Å². The van der Waals surface area contributed by atoms with Crippen molar-refractivity contribution in [1.82, 2.24) is 4.98 Å². The molecular weight excluding hydrogens is 280 g/mol. The molecule has 92 valence electrons. The molecule has 0 radical (unpaired) electrons. The molecule has 1 aromatic heterocycles. The Morgan fingerprint density at radius 2 is 2.41 bits per heavy atom. The van der Waals surface area contributed by atoms with E-state index in [1.807, 2.05) is 0 Å². The summed E-state index contributed by atoms with van der Waals surface area (Å²) in [5.41, 5.74) is 6.06. The van der Waals surface area contributed by atoms with Gasteiger partial charge in [-0.15, -0.1) is 0 Å². The van der Waals surface area contributed by atoms with Crippen LogP contribution in [0.1, 0.15) is 6.42 Å². The van der Waals surface area contributed by atoms with Gasteiger partial charge in [0.15, 0.2) is 0 Å². The van der Waals surface area contributed by atoms with Gasteiger partial charge in [0.2, 0.25) is 5.11 Å². The first-order valence-corrected chi connectivity index (χ1v) is 7.37. The smallest absolute Gasteiger partial charge is 0.200 e. The highest BCUT2D eigenvalue weighted by molar-refractivity contribution is 7.96. The van der Waals surface area contributed by atoms with Crippen LogP contribution < -0.4 is 10.0 Å². The summed E-state index contributed by atoms with van der Waals surface area (Å²) in [7, 11) is -2.55. The molecule has 5 nitrogen and oxygen atoms in total. The topological polar surface area (TPSA) is 71.6 Å². The van der Waals surface area contributed by atoms with Crippen molar-refractivity contribution >= 4 is 44.5 Å². The lowest BCUT2D eigenvalue weighted by Crippen LogP contribution is -2.27. The molecule has 0 bridgehead atoms. The molecule has 0 aromatic carbocycles. The van der Waals surface area contributed by atoms with Crippen molar-refractivity contribution in [3.63, 3.8) is 0 Å². The zero-order valence-electron chi connectivity index (χ0n) is 8.88. The van der Waals surface area contributed by atoms with Crippen molar-refractivity contribution in [2.75, 3.05) is 16.6 Å². The van der Waals surface area contributed by atoms with Gasteiger partial charge in [0, 0.05) is 6.54 Å². The van der Waals surface area contributed by atoms with Crippen LogP contribution in [-0.4, -0.2) is 26.6 Å². The number of rotatable bonds is 1. The molecule has 1 atom stereocenters. The first kappa shape index (κ1) is 12.5. The number of nitrogens with zero attached hydrogens (tertiary/aromatic N) is 3. The second-order valence-corrected chi connectivity index (χ2v) is 6.59. The molecule has 1 fully saturated rings. The monoisotopic (exact) mass is 290 g/mol. The summed E-state index contributed by atoms with van der Waals surface area (Å²) < 4.78 is 18.1. The van der Waals surface area contributed by atoms with Crippen LogP contribution in [-0.2, 0) is 9.92 Å². The molecule has 1 saturated heterocycles. The predicted molar refractivity (Wildman–Crippen MR) is 73.4 cm³/mol. The van der Waals surface area contributed by atoms with Gasteiger partial charge in [-0.25, -0.2) is 9.19 Å². The number of anilines is 1. The lowest BCUT2D eigenvalue weighted by molar-refractivity contribution is 0.679. The van der Waals surface area contributed by atoms with Crippen molar-refractivity contribution < 1.29 is 4.21 Å². The highest BCUT2D eigenvalue weighted by atomic mass is 35.5. The van der Waals surface area contributed by atoms with Crippen LogP contribution in [0.15, 0.2) is 22.7 Å². The minimum Gasteiger partial charge on any atom is -0.374 e. The third-order valence-electron chi connectivity index (χ3n) is 2.35. The third kappa shape index (κ3) is 2.67. The number of halogens is 1. The van der Waals surface area contributed by atoms with Gasteiger partial charge in [-0.3, -0.25) is 4.31 Å². The average Bonchev–Trinajstić information content (AvgIpc) is 2.60. The normalized spacial score (nSPS) is 23.7. The quantitative estimate of drug-likeness (QED) is 0.629. The largest absolute Gasteiger partial charge is 0.374 e. The van der Waals surface area contributed by atoms with Gasteiger partial charge in [0.25, 0.3) is 0 Å². The fraction of sp³-hybridized carbons (Fsp3) is 0.333. The van der Waals surface area contributed by atoms with E-state index in [2.05, 4.69) is 9.35 Å². The second kappa shape index (κ2) is 4.75. The molecule has 1 aromatic rings. The van der Waals surface area contributed by atoms with E-state index in [1.54, 1.807) is 22.6 Å². The van der Waals surface area contributed by atoms with E-state index in [4.69, 9.17) is 29.6 Å². The van der Waals surface area contributed by atoms with E-state index < -0.39 is 9.92 Å². The molecule has 0 spiro atoms. The first-order valence-electron chi connectivity index (χ1n) is 4.95. The lowest BCUT2D eigenvalue weighted by atomic mass is 10.4. The van der Waals surface area contributed by atoms with Gasteiger partial charge in [-0.05, 0) is 30.8 Å². The molecule has 1 unspecified atom stereocenters. The molecule has 0 aliphatic carbocycles. The minimum absolute atomic E-state index is 0.0798.